The number of carbonyl (C=O) groups excluding carboxylic acids is 1. The maximum atomic E-state index is 13.0. The predicted molar refractivity (Wildman–Crippen MR) is 122 cm³/mol. The molecule has 0 bridgehead atoms. The monoisotopic (exact) mass is 484 g/mol. The molecule has 1 N–H and O–H groups in total. The number of hydrogen-bond donors (Lipinski definition) is 1. The summed E-state index contributed by atoms with van der Waals surface area (Å²) in [4.78, 5) is 12.6. The van der Waals surface area contributed by atoms with E-state index in [1.807, 2.05) is 31.2 Å². The number of benzene rings is 2. The third-order valence-electron chi connectivity index (χ3n) is 5.37. The number of carbonyl (C=O) groups is 1. The second-order valence-electron chi connectivity index (χ2n) is 7.35. The topological polar surface area (TPSA) is 75.7 Å². The summed E-state index contributed by atoms with van der Waals surface area (Å²) >= 11 is 12.2. The molecule has 0 aromatic heterocycles. The first-order chi connectivity index (χ1) is 14.8. The average molecular weight is 485 g/mol. The Hall–Kier alpha value is -1.64. The van der Waals surface area contributed by atoms with Crippen molar-refractivity contribution in [2.75, 3.05) is 19.7 Å². The lowest BCUT2D eigenvalue weighted by Crippen LogP contribution is -2.43. The predicted octanol–water partition coefficient (Wildman–Crippen LogP) is 4.25. The van der Waals surface area contributed by atoms with Crippen LogP contribution in [0.3, 0.4) is 0 Å². The van der Waals surface area contributed by atoms with Gasteiger partial charge in [0.1, 0.15) is 4.90 Å². The highest BCUT2D eigenvalue weighted by Gasteiger charge is 2.34. The van der Waals surface area contributed by atoms with E-state index in [4.69, 9.17) is 27.9 Å². The number of nitrogens with zero attached hydrogens (tertiary/aromatic N) is 1. The molecule has 1 heterocycles. The number of hydrogen-bond acceptors (Lipinski definition) is 4. The van der Waals surface area contributed by atoms with E-state index in [-0.39, 0.29) is 39.9 Å². The molecule has 1 saturated heterocycles. The van der Waals surface area contributed by atoms with Crippen molar-refractivity contribution in [3.8, 4) is 0 Å². The largest absolute Gasteiger partial charge is 0.377 e. The molecule has 1 aliphatic rings. The molecule has 6 nitrogen and oxygen atoms in total. The molecule has 0 saturated carbocycles. The van der Waals surface area contributed by atoms with Crippen LogP contribution in [-0.4, -0.2) is 38.3 Å². The molecule has 3 rings (SSSR count). The molecule has 0 aliphatic carbocycles. The Morgan fingerprint density at radius 1 is 1.06 bits per heavy atom. The van der Waals surface area contributed by atoms with Gasteiger partial charge in [0.05, 0.1) is 16.7 Å². The standard InChI is InChI=1S/C22H26Cl2N2O4S/c1-2-30-15-18-7-4-3-6-17(18)14-25-22(27)16-10-12-26(13-11-16)31(28,29)21-19(23)8-5-9-20(21)24/h3-9,16H,2,10-15H2,1H3,(H,25,27). The lowest BCUT2D eigenvalue weighted by molar-refractivity contribution is -0.126. The molecule has 2 aromatic carbocycles. The van der Waals surface area contributed by atoms with Gasteiger partial charge in [-0.1, -0.05) is 53.5 Å². The van der Waals surface area contributed by atoms with Gasteiger partial charge in [0.15, 0.2) is 0 Å². The van der Waals surface area contributed by atoms with E-state index in [9.17, 15) is 13.2 Å². The Balaban J connectivity index is 1.58. The maximum absolute atomic E-state index is 13.0. The van der Waals surface area contributed by atoms with E-state index in [0.29, 0.717) is 32.6 Å². The van der Waals surface area contributed by atoms with Crippen molar-refractivity contribution >= 4 is 39.1 Å². The van der Waals surface area contributed by atoms with Crippen molar-refractivity contribution in [3.63, 3.8) is 0 Å². The fourth-order valence-electron chi connectivity index (χ4n) is 3.63. The summed E-state index contributed by atoms with van der Waals surface area (Å²) in [6, 6.07) is 12.4. The van der Waals surface area contributed by atoms with Crippen molar-refractivity contribution in [1.29, 1.82) is 0 Å². The van der Waals surface area contributed by atoms with E-state index >= 15 is 0 Å². The summed E-state index contributed by atoms with van der Waals surface area (Å²) in [5.41, 5.74) is 2.06. The first-order valence-corrected chi connectivity index (χ1v) is 12.4. The fourth-order valence-corrected chi connectivity index (χ4v) is 6.19. The van der Waals surface area contributed by atoms with Crippen LogP contribution in [0.4, 0.5) is 0 Å². The number of halogens is 2. The smallest absolute Gasteiger partial charge is 0.246 e. The zero-order valence-corrected chi connectivity index (χ0v) is 19.6. The van der Waals surface area contributed by atoms with Crippen LogP contribution in [0.15, 0.2) is 47.4 Å². The van der Waals surface area contributed by atoms with E-state index in [0.717, 1.165) is 11.1 Å². The van der Waals surface area contributed by atoms with Gasteiger partial charge < -0.3 is 10.1 Å². The molecule has 0 atom stereocenters. The lowest BCUT2D eigenvalue weighted by Gasteiger charge is -2.31. The van der Waals surface area contributed by atoms with Gasteiger partial charge in [0.2, 0.25) is 15.9 Å². The Kier molecular flexibility index (Phi) is 8.36. The fraction of sp³-hybridized carbons (Fsp3) is 0.409. The van der Waals surface area contributed by atoms with Crippen LogP contribution in [-0.2, 0) is 32.7 Å². The minimum atomic E-state index is -3.82. The summed E-state index contributed by atoms with van der Waals surface area (Å²) in [7, 11) is -3.82. The molecule has 0 unspecified atom stereocenters. The van der Waals surface area contributed by atoms with Gasteiger partial charge in [-0.3, -0.25) is 4.79 Å². The molecule has 9 heteroatoms. The number of amides is 1. The summed E-state index contributed by atoms with van der Waals surface area (Å²) in [5.74, 6) is -0.314. The van der Waals surface area contributed by atoms with Crippen LogP contribution in [0.25, 0.3) is 0 Å². The van der Waals surface area contributed by atoms with E-state index < -0.39 is 10.0 Å². The minimum Gasteiger partial charge on any atom is -0.377 e. The van der Waals surface area contributed by atoms with Crippen molar-refractivity contribution in [2.24, 2.45) is 5.92 Å². The lowest BCUT2D eigenvalue weighted by atomic mass is 9.97. The Morgan fingerprint density at radius 2 is 1.68 bits per heavy atom. The summed E-state index contributed by atoms with van der Waals surface area (Å²) in [5, 5.41) is 3.18. The van der Waals surface area contributed by atoms with Gasteiger partial charge in [-0.05, 0) is 43.0 Å². The third-order valence-corrected chi connectivity index (χ3v) is 8.23. The molecule has 31 heavy (non-hydrogen) atoms. The Labute approximate surface area is 193 Å². The first kappa shape index (κ1) is 24.0. The highest BCUT2D eigenvalue weighted by atomic mass is 35.5. The van der Waals surface area contributed by atoms with Crippen molar-refractivity contribution in [2.45, 2.75) is 37.8 Å². The van der Waals surface area contributed by atoms with Crippen molar-refractivity contribution in [3.05, 3.63) is 63.6 Å². The quantitative estimate of drug-likeness (QED) is 0.607. The summed E-state index contributed by atoms with van der Waals surface area (Å²) in [6.45, 7) is 3.96. The van der Waals surface area contributed by atoms with Crippen LogP contribution in [0.2, 0.25) is 10.0 Å². The second kappa shape index (κ2) is 10.8. The van der Waals surface area contributed by atoms with Crippen LogP contribution >= 0.6 is 23.2 Å². The van der Waals surface area contributed by atoms with Gasteiger partial charge in [0.25, 0.3) is 0 Å². The normalized spacial score (nSPS) is 15.7. The van der Waals surface area contributed by atoms with E-state index in [1.54, 1.807) is 6.07 Å². The summed E-state index contributed by atoms with van der Waals surface area (Å²) in [6.07, 6.45) is 0.876. The number of ether oxygens (including phenoxy) is 1. The molecule has 0 radical (unpaired) electrons. The number of sulfonamides is 1. The van der Waals surface area contributed by atoms with Crippen LogP contribution < -0.4 is 5.32 Å². The molecule has 1 amide bonds. The van der Waals surface area contributed by atoms with Gasteiger partial charge >= 0.3 is 0 Å². The Bertz CT molecular complexity index is 1000. The van der Waals surface area contributed by atoms with Gasteiger partial charge in [-0.25, -0.2) is 8.42 Å². The van der Waals surface area contributed by atoms with Crippen LogP contribution in [0, 0.1) is 5.92 Å². The van der Waals surface area contributed by atoms with E-state index in [2.05, 4.69) is 5.32 Å². The van der Waals surface area contributed by atoms with Gasteiger partial charge in [-0.2, -0.15) is 4.31 Å². The highest BCUT2D eigenvalue weighted by molar-refractivity contribution is 7.89. The van der Waals surface area contributed by atoms with Crippen molar-refractivity contribution < 1.29 is 17.9 Å². The second-order valence-corrected chi connectivity index (χ2v) is 10.0. The highest BCUT2D eigenvalue weighted by Crippen LogP contribution is 2.33. The van der Waals surface area contributed by atoms with E-state index in [1.165, 1.54) is 16.4 Å². The number of piperidine rings is 1. The molecule has 2 aromatic rings. The zero-order chi connectivity index (χ0) is 22.4. The number of nitrogens with one attached hydrogen (secondary N) is 1. The molecule has 1 fully saturated rings. The number of rotatable bonds is 8. The van der Waals surface area contributed by atoms with Crippen LogP contribution in [0.5, 0.6) is 0 Å². The molecule has 168 valence electrons. The molecular weight excluding hydrogens is 459 g/mol. The zero-order valence-electron chi connectivity index (χ0n) is 17.3. The molecule has 1 aliphatic heterocycles. The maximum Gasteiger partial charge on any atom is 0.246 e. The SMILES string of the molecule is CCOCc1ccccc1CNC(=O)C1CCN(S(=O)(=O)c2c(Cl)cccc2Cl)CC1. The molecular formula is C22H26Cl2N2O4S. The molecule has 0 spiro atoms. The van der Waals surface area contributed by atoms with Gasteiger partial charge in [0, 0.05) is 32.2 Å². The Morgan fingerprint density at radius 3 is 2.29 bits per heavy atom. The minimum absolute atomic E-state index is 0.0703. The van der Waals surface area contributed by atoms with Gasteiger partial charge in [-0.15, -0.1) is 0 Å². The van der Waals surface area contributed by atoms with Crippen molar-refractivity contribution in [1.82, 2.24) is 9.62 Å². The average Bonchev–Trinajstić information content (AvgIpc) is 2.76. The third kappa shape index (κ3) is 5.79. The van der Waals surface area contributed by atoms with Crippen LogP contribution in [0.1, 0.15) is 30.9 Å². The summed E-state index contributed by atoms with van der Waals surface area (Å²) < 4.78 is 32.8. The first-order valence-electron chi connectivity index (χ1n) is 10.2.